The zero-order chi connectivity index (χ0) is 17.2. The predicted molar refractivity (Wildman–Crippen MR) is 107 cm³/mol. The van der Waals surface area contributed by atoms with Gasteiger partial charge in [0.15, 0.2) is 0 Å². The van der Waals surface area contributed by atoms with Crippen molar-refractivity contribution in [3.8, 4) is 22.6 Å². The van der Waals surface area contributed by atoms with E-state index < -0.39 is 0 Å². The summed E-state index contributed by atoms with van der Waals surface area (Å²) in [6, 6.07) is 14.5. The third kappa shape index (κ3) is 5.13. The topological polar surface area (TPSA) is 18.5 Å². The number of methoxy groups -OCH3 is 2. The highest BCUT2D eigenvalue weighted by atomic mass is 35.5. The Morgan fingerprint density at radius 1 is 0.833 bits per heavy atom. The summed E-state index contributed by atoms with van der Waals surface area (Å²) in [5, 5.41) is 1.37. The van der Waals surface area contributed by atoms with Crippen molar-refractivity contribution in [3.05, 3.63) is 42.5 Å². The van der Waals surface area contributed by atoms with E-state index in [4.69, 9.17) is 21.1 Å². The molecule has 0 aliphatic rings. The summed E-state index contributed by atoms with van der Waals surface area (Å²) in [5.41, 5.74) is 2.26. The van der Waals surface area contributed by atoms with Crippen molar-refractivity contribution in [2.24, 2.45) is 0 Å². The molecule has 0 aliphatic carbocycles. The van der Waals surface area contributed by atoms with E-state index in [1.54, 1.807) is 14.2 Å². The minimum atomic E-state index is 0.777. The van der Waals surface area contributed by atoms with Gasteiger partial charge in [-0.15, -0.1) is 11.6 Å². The molecule has 24 heavy (non-hydrogen) atoms. The quantitative estimate of drug-likeness (QED) is 0.316. The highest BCUT2D eigenvalue weighted by Crippen LogP contribution is 2.39. The van der Waals surface area contributed by atoms with E-state index in [0.717, 1.165) is 37.9 Å². The average molecular weight is 365 g/mol. The van der Waals surface area contributed by atoms with Crippen LogP contribution in [0.4, 0.5) is 0 Å². The van der Waals surface area contributed by atoms with Gasteiger partial charge in [-0.3, -0.25) is 0 Å². The van der Waals surface area contributed by atoms with Crippen LogP contribution in [-0.2, 0) is 0 Å². The molecule has 2 aromatic carbocycles. The molecule has 0 radical (unpaired) electrons. The number of unbranched alkanes of at least 4 members (excludes halogenated alkanes) is 3. The summed E-state index contributed by atoms with van der Waals surface area (Å²) in [7, 11) is 4.21. The molecule has 2 rings (SSSR count). The summed E-state index contributed by atoms with van der Waals surface area (Å²) in [6.45, 7) is 0. The SMILES string of the molecule is COc1cccc(OC)c1-c1ccccc1PCCCCCCCl. The normalized spacial score (nSPS) is 11.1. The van der Waals surface area contributed by atoms with Crippen LogP contribution >= 0.6 is 20.2 Å². The van der Waals surface area contributed by atoms with Crippen molar-refractivity contribution >= 4 is 25.5 Å². The smallest absolute Gasteiger partial charge is 0.130 e. The molecule has 0 saturated carbocycles. The molecular formula is C20H26ClO2P. The van der Waals surface area contributed by atoms with E-state index in [0.29, 0.717) is 0 Å². The molecule has 0 saturated heterocycles. The third-order valence-corrected chi connectivity index (χ3v) is 5.69. The van der Waals surface area contributed by atoms with Crippen LogP contribution in [0, 0.1) is 0 Å². The Hall–Kier alpha value is -1.24. The summed E-state index contributed by atoms with van der Waals surface area (Å²) < 4.78 is 11.2. The van der Waals surface area contributed by atoms with Gasteiger partial charge in [0.1, 0.15) is 11.5 Å². The van der Waals surface area contributed by atoms with E-state index in [-0.39, 0.29) is 0 Å². The van der Waals surface area contributed by atoms with E-state index >= 15 is 0 Å². The molecule has 4 heteroatoms. The maximum absolute atomic E-state index is 5.73. The number of ether oxygens (including phenoxy) is 2. The van der Waals surface area contributed by atoms with Crippen molar-refractivity contribution in [3.63, 3.8) is 0 Å². The number of hydrogen-bond donors (Lipinski definition) is 0. The molecule has 130 valence electrons. The van der Waals surface area contributed by atoms with Crippen molar-refractivity contribution < 1.29 is 9.47 Å². The van der Waals surface area contributed by atoms with Gasteiger partial charge in [0.25, 0.3) is 0 Å². The molecule has 0 N–H and O–H groups in total. The molecular weight excluding hydrogens is 339 g/mol. The van der Waals surface area contributed by atoms with Gasteiger partial charge in [-0.25, -0.2) is 0 Å². The second kappa shape index (κ2) is 10.6. The molecule has 2 aromatic rings. The Balaban J connectivity index is 2.17. The fourth-order valence-electron chi connectivity index (χ4n) is 2.77. The summed E-state index contributed by atoms with van der Waals surface area (Å²) in [4.78, 5) is 0. The Kier molecular flexibility index (Phi) is 8.42. The lowest BCUT2D eigenvalue weighted by Gasteiger charge is -2.16. The van der Waals surface area contributed by atoms with E-state index in [9.17, 15) is 0 Å². The van der Waals surface area contributed by atoms with Gasteiger partial charge in [-0.2, -0.15) is 0 Å². The Morgan fingerprint density at radius 3 is 2.17 bits per heavy atom. The van der Waals surface area contributed by atoms with Gasteiger partial charge in [0, 0.05) is 5.88 Å². The Bertz CT molecular complexity index is 609. The van der Waals surface area contributed by atoms with Crippen LogP contribution in [0.1, 0.15) is 25.7 Å². The number of halogens is 1. The van der Waals surface area contributed by atoms with E-state index in [1.165, 1.54) is 36.3 Å². The van der Waals surface area contributed by atoms with E-state index in [2.05, 4.69) is 24.3 Å². The van der Waals surface area contributed by atoms with Gasteiger partial charge in [0.2, 0.25) is 0 Å². The fraction of sp³-hybridized carbons (Fsp3) is 0.400. The fourth-order valence-corrected chi connectivity index (χ4v) is 4.27. The first-order chi connectivity index (χ1) is 11.8. The summed E-state index contributed by atoms with van der Waals surface area (Å²) >= 11 is 5.73. The zero-order valence-corrected chi connectivity index (χ0v) is 16.2. The van der Waals surface area contributed by atoms with Gasteiger partial charge in [-0.05, 0) is 42.0 Å². The molecule has 2 nitrogen and oxygen atoms in total. The molecule has 0 bridgehead atoms. The lowest BCUT2D eigenvalue weighted by atomic mass is 10.0. The first-order valence-electron chi connectivity index (χ1n) is 8.42. The number of rotatable bonds is 10. The van der Waals surface area contributed by atoms with Gasteiger partial charge < -0.3 is 9.47 Å². The van der Waals surface area contributed by atoms with Crippen LogP contribution in [0.2, 0.25) is 0 Å². The molecule has 0 aliphatic heterocycles. The lowest BCUT2D eigenvalue weighted by Crippen LogP contribution is -2.03. The van der Waals surface area contributed by atoms with E-state index in [1.807, 2.05) is 18.2 Å². The molecule has 1 atom stereocenters. The maximum atomic E-state index is 5.73. The number of benzene rings is 2. The molecule has 0 amide bonds. The minimum Gasteiger partial charge on any atom is -0.496 e. The van der Waals surface area contributed by atoms with Crippen LogP contribution in [0.15, 0.2) is 42.5 Å². The van der Waals surface area contributed by atoms with Crippen LogP contribution < -0.4 is 14.8 Å². The molecule has 0 heterocycles. The van der Waals surface area contributed by atoms with Crippen molar-refractivity contribution in [2.45, 2.75) is 25.7 Å². The minimum absolute atomic E-state index is 0.777. The standard InChI is InChI=1S/C20H26ClO2P/c1-22-17-11-9-12-18(23-2)20(17)16-10-5-6-13-19(16)24-15-8-4-3-7-14-21/h5-6,9-13,24H,3-4,7-8,14-15H2,1-2H3. The zero-order valence-electron chi connectivity index (χ0n) is 14.5. The molecule has 0 aromatic heterocycles. The van der Waals surface area contributed by atoms with Crippen LogP contribution in [0.25, 0.3) is 11.1 Å². The highest BCUT2D eigenvalue weighted by molar-refractivity contribution is 7.47. The van der Waals surface area contributed by atoms with Crippen LogP contribution in [0.3, 0.4) is 0 Å². The second-order valence-corrected chi connectivity index (χ2v) is 7.38. The summed E-state index contributed by atoms with van der Waals surface area (Å²) in [5.74, 6) is 2.49. The van der Waals surface area contributed by atoms with Gasteiger partial charge in [-0.1, -0.05) is 51.8 Å². The first kappa shape index (κ1) is 19.1. The monoisotopic (exact) mass is 364 g/mol. The van der Waals surface area contributed by atoms with Crippen molar-refractivity contribution in [1.82, 2.24) is 0 Å². The second-order valence-electron chi connectivity index (χ2n) is 5.61. The lowest BCUT2D eigenvalue weighted by molar-refractivity contribution is 0.397. The molecule has 0 fully saturated rings. The first-order valence-corrected chi connectivity index (χ1v) is 10.2. The number of alkyl halides is 1. The Morgan fingerprint density at radius 2 is 1.50 bits per heavy atom. The predicted octanol–water partition coefficient (Wildman–Crippen LogP) is 5.47. The summed E-state index contributed by atoms with van der Waals surface area (Å²) in [6.07, 6.45) is 6.10. The number of hydrogen-bond acceptors (Lipinski definition) is 2. The van der Waals surface area contributed by atoms with Gasteiger partial charge >= 0.3 is 0 Å². The molecule has 0 spiro atoms. The highest BCUT2D eigenvalue weighted by Gasteiger charge is 2.15. The van der Waals surface area contributed by atoms with Crippen LogP contribution in [-0.4, -0.2) is 26.3 Å². The third-order valence-electron chi connectivity index (χ3n) is 4.00. The van der Waals surface area contributed by atoms with Crippen LogP contribution in [0.5, 0.6) is 11.5 Å². The van der Waals surface area contributed by atoms with Crippen molar-refractivity contribution in [1.29, 1.82) is 0 Å². The molecule has 1 unspecified atom stereocenters. The van der Waals surface area contributed by atoms with Gasteiger partial charge in [0.05, 0.1) is 19.8 Å². The Labute approximate surface area is 152 Å². The largest absolute Gasteiger partial charge is 0.496 e. The average Bonchev–Trinajstić information content (AvgIpc) is 2.64. The maximum Gasteiger partial charge on any atom is 0.130 e. The van der Waals surface area contributed by atoms with Crippen molar-refractivity contribution in [2.75, 3.05) is 26.3 Å².